The molecule has 1 aromatic rings. The highest BCUT2D eigenvalue weighted by Gasteiger charge is 2.29. The van der Waals surface area contributed by atoms with Crippen LogP contribution < -0.4 is 0 Å². The van der Waals surface area contributed by atoms with Gasteiger partial charge in [-0.15, -0.1) is 11.3 Å². The number of Topliss-reactive ketones (excluding diaryl/α,β-unsaturated/α-hetero) is 1. The number of hydrogen-bond donors (Lipinski definition) is 0. The highest BCUT2D eigenvalue weighted by Crippen LogP contribution is 2.43. The SMILES string of the molecule is CC(=O)c1sc(C2CC2)nc1C(C)C. The third kappa shape index (κ3) is 1.73. The summed E-state index contributed by atoms with van der Waals surface area (Å²) in [6.45, 7) is 5.83. The average Bonchev–Trinajstić information content (AvgIpc) is 2.83. The van der Waals surface area contributed by atoms with Crippen LogP contribution in [0.2, 0.25) is 0 Å². The number of hydrogen-bond acceptors (Lipinski definition) is 3. The standard InChI is InChI=1S/C11H15NOS/c1-6(2)9-10(7(3)13)14-11(12-9)8-4-5-8/h6,8H,4-5H2,1-3H3. The second kappa shape index (κ2) is 3.46. The lowest BCUT2D eigenvalue weighted by molar-refractivity contribution is 0.102. The van der Waals surface area contributed by atoms with Gasteiger partial charge < -0.3 is 0 Å². The number of carbonyl (C=O) groups excluding carboxylic acids is 1. The smallest absolute Gasteiger partial charge is 0.171 e. The molecule has 0 aromatic carbocycles. The lowest BCUT2D eigenvalue weighted by Crippen LogP contribution is -1.97. The average molecular weight is 209 g/mol. The third-order valence-electron chi connectivity index (χ3n) is 2.46. The maximum atomic E-state index is 11.4. The lowest BCUT2D eigenvalue weighted by Gasteiger charge is -2.00. The van der Waals surface area contributed by atoms with Crippen LogP contribution in [0.5, 0.6) is 0 Å². The summed E-state index contributed by atoms with van der Waals surface area (Å²) in [7, 11) is 0. The van der Waals surface area contributed by atoms with Crippen LogP contribution in [0.4, 0.5) is 0 Å². The zero-order valence-electron chi connectivity index (χ0n) is 8.83. The van der Waals surface area contributed by atoms with Gasteiger partial charge >= 0.3 is 0 Å². The molecule has 2 nitrogen and oxygen atoms in total. The molecule has 1 heterocycles. The van der Waals surface area contributed by atoms with Crippen molar-refractivity contribution < 1.29 is 4.79 Å². The van der Waals surface area contributed by atoms with Gasteiger partial charge in [0.15, 0.2) is 5.78 Å². The van der Waals surface area contributed by atoms with Crippen molar-refractivity contribution in [1.82, 2.24) is 4.98 Å². The van der Waals surface area contributed by atoms with Crippen molar-refractivity contribution in [3.8, 4) is 0 Å². The monoisotopic (exact) mass is 209 g/mol. The first-order valence-electron chi connectivity index (χ1n) is 5.11. The van der Waals surface area contributed by atoms with Gasteiger partial charge in [0.05, 0.1) is 15.6 Å². The molecule has 0 bridgehead atoms. The van der Waals surface area contributed by atoms with Gasteiger partial charge in [-0.2, -0.15) is 0 Å². The number of carbonyl (C=O) groups is 1. The van der Waals surface area contributed by atoms with Gasteiger partial charge in [-0.25, -0.2) is 4.98 Å². The van der Waals surface area contributed by atoms with E-state index in [0.29, 0.717) is 11.8 Å². The minimum Gasteiger partial charge on any atom is -0.294 e. The van der Waals surface area contributed by atoms with Gasteiger partial charge in [-0.05, 0) is 18.8 Å². The zero-order valence-corrected chi connectivity index (χ0v) is 9.65. The Labute approximate surface area is 88.4 Å². The van der Waals surface area contributed by atoms with Gasteiger partial charge in [-0.1, -0.05) is 13.8 Å². The summed E-state index contributed by atoms with van der Waals surface area (Å²) < 4.78 is 0. The predicted molar refractivity (Wildman–Crippen MR) is 58.2 cm³/mol. The van der Waals surface area contributed by atoms with Crippen molar-refractivity contribution in [2.45, 2.75) is 45.4 Å². The van der Waals surface area contributed by atoms with E-state index >= 15 is 0 Å². The molecular formula is C11H15NOS. The van der Waals surface area contributed by atoms with Gasteiger partial charge in [-0.3, -0.25) is 4.79 Å². The van der Waals surface area contributed by atoms with Crippen molar-refractivity contribution in [2.24, 2.45) is 0 Å². The number of thiazole rings is 1. The number of rotatable bonds is 3. The fourth-order valence-corrected chi connectivity index (χ4v) is 2.78. The maximum absolute atomic E-state index is 11.4. The second-order valence-corrected chi connectivity index (χ2v) is 5.28. The first kappa shape index (κ1) is 9.84. The van der Waals surface area contributed by atoms with Crippen LogP contribution in [0.25, 0.3) is 0 Å². The molecule has 0 aliphatic heterocycles. The van der Waals surface area contributed by atoms with E-state index in [1.54, 1.807) is 18.3 Å². The first-order chi connectivity index (χ1) is 6.59. The summed E-state index contributed by atoms with van der Waals surface area (Å²) in [5.74, 6) is 1.18. The van der Waals surface area contributed by atoms with E-state index in [-0.39, 0.29) is 5.78 Å². The van der Waals surface area contributed by atoms with E-state index in [0.717, 1.165) is 10.6 Å². The van der Waals surface area contributed by atoms with E-state index in [1.807, 2.05) is 0 Å². The van der Waals surface area contributed by atoms with Gasteiger partial charge in [0, 0.05) is 12.8 Å². The van der Waals surface area contributed by atoms with Crippen LogP contribution in [-0.4, -0.2) is 10.8 Å². The summed E-state index contributed by atoms with van der Waals surface area (Å²) in [5, 5.41) is 1.18. The molecule has 1 aromatic heterocycles. The van der Waals surface area contributed by atoms with Crippen molar-refractivity contribution in [1.29, 1.82) is 0 Å². The van der Waals surface area contributed by atoms with Crippen LogP contribution in [-0.2, 0) is 0 Å². The van der Waals surface area contributed by atoms with Crippen molar-refractivity contribution in [3.63, 3.8) is 0 Å². The Morgan fingerprint density at radius 3 is 2.50 bits per heavy atom. The number of aromatic nitrogens is 1. The Morgan fingerprint density at radius 1 is 1.50 bits per heavy atom. The van der Waals surface area contributed by atoms with Gasteiger partial charge in [0.25, 0.3) is 0 Å². The van der Waals surface area contributed by atoms with Crippen LogP contribution in [0, 0.1) is 0 Å². The fourth-order valence-electron chi connectivity index (χ4n) is 1.50. The Hall–Kier alpha value is -0.700. The van der Waals surface area contributed by atoms with Crippen LogP contribution in [0.1, 0.15) is 65.8 Å². The predicted octanol–water partition coefficient (Wildman–Crippen LogP) is 3.35. The van der Waals surface area contributed by atoms with Crippen molar-refractivity contribution in [3.05, 3.63) is 15.6 Å². The van der Waals surface area contributed by atoms with E-state index in [1.165, 1.54) is 17.8 Å². The lowest BCUT2D eigenvalue weighted by atomic mass is 10.1. The summed E-state index contributed by atoms with van der Waals surface area (Å²) in [5.41, 5.74) is 1.00. The minimum absolute atomic E-state index is 0.165. The van der Waals surface area contributed by atoms with E-state index in [9.17, 15) is 4.79 Å². The molecule has 2 rings (SSSR count). The molecule has 0 N–H and O–H groups in total. The third-order valence-corrected chi connectivity index (χ3v) is 3.80. The van der Waals surface area contributed by atoms with Crippen LogP contribution >= 0.6 is 11.3 Å². The second-order valence-electron chi connectivity index (χ2n) is 4.25. The Balaban J connectivity index is 2.39. The topological polar surface area (TPSA) is 30.0 Å². The molecule has 76 valence electrons. The molecule has 0 radical (unpaired) electrons. The summed E-state index contributed by atoms with van der Waals surface area (Å²) in [6.07, 6.45) is 2.50. The van der Waals surface area contributed by atoms with Crippen LogP contribution in [0.15, 0.2) is 0 Å². The largest absolute Gasteiger partial charge is 0.294 e. The van der Waals surface area contributed by atoms with E-state index in [4.69, 9.17) is 0 Å². The van der Waals surface area contributed by atoms with Crippen molar-refractivity contribution in [2.75, 3.05) is 0 Å². The Morgan fingerprint density at radius 2 is 2.14 bits per heavy atom. The van der Waals surface area contributed by atoms with Gasteiger partial charge in [0.1, 0.15) is 0 Å². The Kier molecular flexibility index (Phi) is 2.43. The molecule has 1 aliphatic carbocycles. The molecular weight excluding hydrogens is 194 g/mol. The van der Waals surface area contributed by atoms with Gasteiger partial charge in [0.2, 0.25) is 0 Å². The highest BCUT2D eigenvalue weighted by atomic mass is 32.1. The van der Waals surface area contributed by atoms with Crippen molar-refractivity contribution >= 4 is 17.1 Å². The molecule has 14 heavy (non-hydrogen) atoms. The molecule has 1 saturated carbocycles. The fraction of sp³-hybridized carbons (Fsp3) is 0.636. The maximum Gasteiger partial charge on any atom is 0.171 e. The first-order valence-corrected chi connectivity index (χ1v) is 5.92. The molecule has 0 spiro atoms. The summed E-state index contributed by atoms with van der Waals surface area (Å²) in [4.78, 5) is 16.9. The summed E-state index contributed by atoms with van der Waals surface area (Å²) >= 11 is 1.61. The summed E-state index contributed by atoms with van der Waals surface area (Å²) in [6, 6.07) is 0. The quantitative estimate of drug-likeness (QED) is 0.715. The normalized spacial score (nSPS) is 16.3. The molecule has 1 fully saturated rings. The van der Waals surface area contributed by atoms with Crippen LogP contribution in [0.3, 0.4) is 0 Å². The molecule has 0 saturated heterocycles. The van der Waals surface area contributed by atoms with E-state index < -0.39 is 0 Å². The molecule has 3 heteroatoms. The number of nitrogens with zero attached hydrogens (tertiary/aromatic N) is 1. The molecule has 1 aliphatic rings. The molecule has 0 amide bonds. The Bertz CT molecular complexity index is 363. The minimum atomic E-state index is 0.165. The molecule has 0 unspecified atom stereocenters. The zero-order chi connectivity index (χ0) is 10.3. The van der Waals surface area contributed by atoms with E-state index in [2.05, 4.69) is 18.8 Å². The molecule has 0 atom stereocenters. The number of ketones is 1. The highest BCUT2D eigenvalue weighted by molar-refractivity contribution is 7.14.